The molecule has 0 radical (unpaired) electrons. The lowest BCUT2D eigenvalue weighted by molar-refractivity contribution is 0.568. The van der Waals surface area contributed by atoms with Crippen molar-refractivity contribution in [2.75, 3.05) is 5.32 Å². The molecule has 6 heteroatoms. The highest BCUT2D eigenvalue weighted by Crippen LogP contribution is 2.21. The van der Waals surface area contributed by atoms with Crippen LogP contribution in [-0.2, 0) is 6.54 Å². The molecule has 0 saturated heterocycles. The van der Waals surface area contributed by atoms with Gasteiger partial charge in [-0.2, -0.15) is 0 Å². The summed E-state index contributed by atoms with van der Waals surface area (Å²) in [5, 5.41) is 12.0. The molecular formula is C14H14N4OS. The van der Waals surface area contributed by atoms with Crippen molar-refractivity contribution in [2.24, 2.45) is 0 Å². The Morgan fingerprint density at radius 3 is 2.60 bits per heavy atom. The van der Waals surface area contributed by atoms with E-state index in [1.54, 1.807) is 11.3 Å². The van der Waals surface area contributed by atoms with E-state index in [4.69, 9.17) is 4.42 Å². The summed E-state index contributed by atoms with van der Waals surface area (Å²) in [5.74, 6) is 0.533. The summed E-state index contributed by atoms with van der Waals surface area (Å²) in [6, 6.07) is 7.92. The molecule has 20 heavy (non-hydrogen) atoms. The molecule has 2 aromatic heterocycles. The van der Waals surface area contributed by atoms with Crippen LogP contribution in [0.2, 0.25) is 0 Å². The van der Waals surface area contributed by atoms with E-state index in [2.05, 4.69) is 20.5 Å². The van der Waals surface area contributed by atoms with Gasteiger partial charge in [-0.3, -0.25) is 0 Å². The molecule has 5 nitrogen and oxygen atoms in total. The van der Waals surface area contributed by atoms with Crippen molar-refractivity contribution in [1.82, 2.24) is 15.2 Å². The second-order valence-corrected chi connectivity index (χ2v) is 5.70. The van der Waals surface area contributed by atoms with Crippen molar-refractivity contribution in [3.8, 4) is 11.5 Å². The van der Waals surface area contributed by atoms with Gasteiger partial charge < -0.3 is 9.73 Å². The van der Waals surface area contributed by atoms with E-state index in [-0.39, 0.29) is 0 Å². The molecule has 0 saturated carbocycles. The quantitative estimate of drug-likeness (QED) is 0.796. The van der Waals surface area contributed by atoms with E-state index >= 15 is 0 Å². The fourth-order valence-electron chi connectivity index (χ4n) is 1.95. The van der Waals surface area contributed by atoms with Crippen LogP contribution in [0, 0.1) is 13.8 Å². The Hall–Kier alpha value is -2.21. The first kappa shape index (κ1) is 12.8. The maximum absolute atomic E-state index is 5.16. The molecule has 1 N–H and O–H groups in total. The van der Waals surface area contributed by atoms with Crippen LogP contribution in [0.15, 0.2) is 35.1 Å². The Kier molecular flexibility index (Phi) is 3.47. The average Bonchev–Trinajstić information content (AvgIpc) is 3.07. The number of thiazole rings is 1. The second kappa shape index (κ2) is 5.42. The largest absolute Gasteiger partial charge is 0.423 e. The summed E-state index contributed by atoms with van der Waals surface area (Å²) in [5.41, 5.74) is 3.07. The van der Waals surface area contributed by atoms with Gasteiger partial charge in [0.15, 0.2) is 0 Å². The Balaban J connectivity index is 1.68. The Morgan fingerprint density at radius 1 is 1.20 bits per heavy atom. The van der Waals surface area contributed by atoms with E-state index < -0.39 is 0 Å². The fraction of sp³-hybridized carbons (Fsp3) is 0.214. The summed E-state index contributed by atoms with van der Waals surface area (Å²) < 4.78 is 5.16. The number of hydrogen-bond acceptors (Lipinski definition) is 6. The summed E-state index contributed by atoms with van der Waals surface area (Å²) >= 11 is 1.73. The zero-order chi connectivity index (χ0) is 13.9. The fourth-order valence-corrected chi connectivity index (χ4v) is 2.83. The Morgan fingerprint density at radius 2 is 2.00 bits per heavy atom. The second-order valence-electron chi connectivity index (χ2n) is 4.42. The maximum Gasteiger partial charge on any atom is 0.247 e. The highest BCUT2D eigenvalue weighted by atomic mass is 32.1. The summed E-state index contributed by atoms with van der Waals surface area (Å²) in [6.07, 6.45) is 1.33. The van der Waals surface area contributed by atoms with Gasteiger partial charge in [-0.05, 0) is 38.1 Å². The van der Waals surface area contributed by atoms with Gasteiger partial charge in [-0.25, -0.2) is 4.98 Å². The number of aromatic nitrogens is 3. The molecule has 0 aliphatic rings. The van der Waals surface area contributed by atoms with Crippen LogP contribution in [0.4, 0.5) is 5.69 Å². The molecule has 0 aliphatic heterocycles. The zero-order valence-corrected chi connectivity index (χ0v) is 12.1. The summed E-state index contributed by atoms with van der Waals surface area (Å²) in [4.78, 5) is 5.69. The van der Waals surface area contributed by atoms with Crippen LogP contribution >= 0.6 is 11.3 Å². The molecule has 0 amide bonds. The van der Waals surface area contributed by atoms with E-state index in [0.29, 0.717) is 5.89 Å². The van der Waals surface area contributed by atoms with Crippen LogP contribution in [0.3, 0.4) is 0 Å². The van der Waals surface area contributed by atoms with Gasteiger partial charge in [0.2, 0.25) is 12.3 Å². The van der Waals surface area contributed by atoms with E-state index in [1.165, 1.54) is 11.3 Å². The minimum Gasteiger partial charge on any atom is -0.423 e. The molecule has 0 unspecified atom stereocenters. The van der Waals surface area contributed by atoms with Gasteiger partial charge >= 0.3 is 0 Å². The molecule has 0 bridgehead atoms. The molecule has 0 fully saturated rings. The third kappa shape index (κ3) is 2.70. The predicted molar refractivity (Wildman–Crippen MR) is 78.6 cm³/mol. The van der Waals surface area contributed by atoms with Crippen LogP contribution in [0.5, 0.6) is 0 Å². The Labute approximate surface area is 120 Å². The van der Waals surface area contributed by atoms with Crippen LogP contribution in [0.25, 0.3) is 11.5 Å². The SMILES string of the molecule is Cc1nc(C)c(CNc2ccc(-c3nnco3)cc2)s1. The normalized spacial score (nSPS) is 10.7. The molecule has 3 aromatic rings. The van der Waals surface area contributed by atoms with Gasteiger partial charge in [0.05, 0.1) is 17.2 Å². The molecule has 0 atom stereocenters. The zero-order valence-electron chi connectivity index (χ0n) is 11.3. The predicted octanol–water partition coefficient (Wildman–Crippen LogP) is 3.42. The van der Waals surface area contributed by atoms with Crippen molar-refractivity contribution in [1.29, 1.82) is 0 Å². The minimum absolute atomic E-state index is 0.533. The summed E-state index contributed by atoms with van der Waals surface area (Å²) in [7, 11) is 0. The minimum atomic E-state index is 0.533. The maximum atomic E-state index is 5.16. The van der Waals surface area contributed by atoms with Crippen molar-refractivity contribution in [3.63, 3.8) is 0 Å². The summed E-state index contributed by atoms with van der Waals surface area (Å²) in [6.45, 7) is 4.86. The molecule has 2 heterocycles. The number of aryl methyl sites for hydroxylation is 2. The van der Waals surface area contributed by atoms with Crippen molar-refractivity contribution in [3.05, 3.63) is 46.2 Å². The van der Waals surface area contributed by atoms with Gasteiger partial charge in [0, 0.05) is 16.1 Å². The highest BCUT2D eigenvalue weighted by Gasteiger charge is 2.05. The molecule has 3 rings (SSSR count). The smallest absolute Gasteiger partial charge is 0.247 e. The van der Waals surface area contributed by atoms with Gasteiger partial charge in [-0.15, -0.1) is 21.5 Å². The lowest BCUT2D eigenvalue weighted by Gasteiger charge is -2.05. The van der Waals surface area contributed by atoms with E-state index in [9.17, 15) is 0 Å². The average molecular weight is 286 g/mol. The molecular weight excluding hydrogens is 272 g/mol. The molecule has 102 valence electrons. The third-order valence-electron chi connectivity index (χ3n) is 2.94. The Bertz CT molecular complexity index is 689. The van der Waals surface area contributed by atoms with Gasteiger partial charge in [-0.1, -0.05) is 0 Å². The molecule has 0 aliphatic carbocycles. The topological polar surface area (TPSA) is 63.8 Å². The number of nitrogens with zero attached hydrogens (tertiary/aromatic N) is 3. The van der Waals surface area contributed by atoms with Crippen LogP contribution in [0.1, 0.15) is 15.6 Å². The number of nitrogens with one attached hydrogen (secondary N) is 1. The number of benzene rings is 1. The third-order valence-corrected chi connectivity index (χ3v) is 4.02. The monoisotopic (exact) mass is 286 g/mol. The van der Waals surface area contributed by atoms with E-state index in [1.807, 2.05) is 38.1 Å². The van der Waals surface area contributed by atoms with Gasteiger partial charge in [0.1, 0.15) is 0 Å². The number of rotatable bonds is 4. The van der Waals surface area contributed by atoms with Crippen LogP contribution in [-0.4, -0.2) is 15.2 Å². The number of hydrogen-bond donors (Lipinski definition) is 1. The molecule has 0 spiro atoms. The van der Waals surface area contributed by atoms with Crippen molar-refractivity contribution < 1.29 is 4.42 Å². The van der Waals surface area contributed by atoms with Crippen molar-refractivity contribution >= 4 is 17.0 Å². The lowest BCUT2D eigenvalue weighted by Crippen LogP contribution is -1.98. The highest BCUT2D eigenvalue weighted by molar-refractivity contribution is 7.11. The first-order valence-electron chi connectivity index (χ1n) is 6.26. The van der Waals surface area contributed by atoms with E-state index in [0.717, 1.165) is 28.5 Å². The first-order valence-corrected chi connectivity index (χ1v) is 7.07. The standard InChI is InChI=1S/C14H14N4OS/c1-9-13(20-10(2)17-9)7-15-12-5-3-11(4-6-12)14-18-16-8-19-14/h3-6,8,15H,7H2,1-2H3. The number of anilines is 1. The van der Waals surface area contributed by atoms with Gasteiger partial charge in [0.25, 0.3) is 0 Å². The molecule has 1 aromatic carbocycles. The van der Waals surface area contributed by atoms with Crippen molar-refractivity contribution in [2.45, 2.75) is 20.4 Å². The first-order chi connectivity index (χ1) is 9.72. The lowest BCUT2D eigenvalue weighted by atomic mass is 10.2. The van der Waals surface area contributed by atoms with Crippen LogP contribution < -0.4 is 5.32 Å².